The fraction of sp³-hybridized carbons (Fsp3) is 0.600. The number of unbranched alkanes of at least 4 members (excludes halogenated alkanes) is 1. The molecule has 0 bridgehead atoms. The molecular weight excluding hydrogens is 256 g/mol. The van der Waals surface area contributed by atoms with Gasteiger partial charge < -0.3 is 14.5 Å². The smallest absolute Gasteiger partial charge is 0.330 e. The molecule has 0 heterocycles. The predicted octanol–water partition coefficient (Wildman–Crippen LogP) is 1.26. The number of quaternary nitrogens is 1. The Morgan fingerprint density at radius 1 is 1.30 bits per heavy atom. The second kappa shape index (κ2) is 9.31. The van der Waals surface area contributed by atoms with Gasteiger partial charge in [0, 0.05) is 18.2 Å². The van der Waals surface area contributed by atoms with Gasteiger partial charge in [0.2, 0.25) is 5.91 Å². The molecule has 0 spiro atoms. The zero-order chi connectivity index (χ0) is 15.6. The molecule has 0 aromatic heterocycles. The largest absolute Gasteiger partial charge is 0.457 e. The van der Waals surface area contributed by atoms with E-state index < -0.39 is 0 Å². The van der Waals surface area contributed by atoms with Crippen LogP contribution in [-0.2, 0) is 14.3 Å². The van der Waals surface area contributed by atoms with Crippen molar-refractivity contribution in [3.8, 4) is 0 Å². The molecular formula is C15H27N2O3+. The van der Waals surface area contributed by atoms with Crippen LogP contribution in [0.1, 0.15) is 19.8 Å². The first-order valence-electron chi connectivity index (χ1n) is 6.80. The highest BCUT2D eigenvalue weighted by Crippen LogP contribution is 1.94. The fourth-order valence-corrected chi connectivity index (χ4v) is 1.22. The summed E-state index contributed by atoms with van der Waals surface area (Å²) in [6.45, 7) is 7.00. The number of ether oxygens (including phenoxy) is 1. The quantitative estimate of drug-likeness (QED) is 0.300. The maximum Gasteiger partial charge on any atom is 0.330 e. The van der Waals surface area contributed by atoms with Gasteiger partial charge in [-0.05, 0) is 19.8 Å². The Bertz CT molecular complexity index is 368. The van der Waals surface area contributed by atoms with Crippen LogP contribution in [0, 0.1) is 0 Å². The third kappa shape index (κ3) is 11.5. The van der Waals surface area contributed by atoms with Crippen molar-refractivity contribution in [3.63, 3.8) is 0 Å². The number of rotatable bonds is 9. The van der Waals surface area contributed by atoms with Gasteiger partial charge in [-0.1, -0.05) is 12.7 Å². The minimum atomic E-state index is -0.315. The number of nitrogens with zero attached hydrogens (tertiary/aromatic N) is 1. The molecule has 5 nitrogen and oxygen atoms in total. The molecule has 0 unspecified atom stereocenters. The van der Waals surface area contributed by atoms with E-state index in [-0.39, 0.29) is 11.9 Å². The van der Waals surface area contributed by atoms with E-state index in [0.29, 0.717) is 18.7 Å². The van der Waals surface area contributed by atoms with E-state index in [1.54, 1.807) is 13.0 Å². The number of amides is 1. The molecule has 0 aliphatic carbocycles. The number of allylic oxidation sites excluding steroid dienone is 1. The van der Waals surface area contributed by atoms with Crippen LogP contribution >= 0.6 is 0 Å². The second-order valence-electron chi connectivity index (χ2n) is 5.76. The molecule has 0 rings (SSSR count). The normalized spacial score (nSPS) is 11.4. The van der Waals surface area contributed by atoms with Gasteiger partial charge in [0.15, 0.2) is 0 Å². The Kier molecular flexibility index (Phi) is 8.56. The lowest BCUT2D eigenvalue weighted by atomic mass is 10.2. The zero-order valence-electron chi connectivity index (χ0n) is 13.1. The summed E-state index contributed by atoms with van der Waals surface area (Å²) in [5, 5.41) is 2.73. The minimum absolute atomic E-state index is 0.131. The maximum absolute atomic E-state index is 11.4. The summed E-state index contributed by atoms with van der Waals surface area (Å²) in [4.78, 5) is 22.5. The van der Waals surface area contributed by atoms with Crippen LogP contribution in [0.4, 0.5) is 0 Å². The van der Waals surface area contributed by atoms with Gasteiger partial charge in [0.25, 0.3) is 0 Å². The molecule has 1 N–H and O–H groups in total. The molecule has 0 atom stereocenters. The number of hydrogen-bond acceptors (Lipinski definition) is 3. The van der Waals surface area contributed by atoms with Crippen LogP contribution in [0.15, 0.2) is 24.3 Å². The van der Waals surface area contributed by atoms with E-state index in [4.69, 9.17) is 4.74 Å². The number of esters is 1. The lowest BCUT2D eigenvalue weighted by molar-refractivity contribution is -0.870. The lowest BCUT2D eigenvalue weighted by Gasteiger charge is -2.23. The van der Waals surface area contributed by atoms with Gasteiger partial charge in [-0.3, -0.25) is 4.79 Å². The maximum atomic E-state index is 11.4. The first-order valence-corrected chi connectivity index (χ1v) is 6.80. The van der Waals surface area contributed by atoms with Crippen molar-refractivity contribution in [2.75, 3.05) is 40.8 Å². The third-order valence-corrected chi connectivity index (χ3v) is 2.48. The number of hydrogen-bond donors (Lipinski definition) is 1. The van der Waals surface area contributed by atoms with Crippen LogP contribution in [0.2, 0.25) is 0 Å². The van der Waals surface area contributed by atoms with Gasteiger partial charge in [0.05, 0.1) is 21.1 Å². The van der Waals surface area contributed by atoms with Crippen LogP contribution < -0.4 is 5.32 Å². The second-order valence-corrected chi connectivity index (χ2v) is 5.76. The number of likely N-dealkylation sites (N-methyl/N-ethyl adjacent to an activating group) is 1. The Hall–Kier alpha value is -1.62. The summed E-state index contributed by atoms with van der Waals surface area (Å²) < 4.78 is 5.83. The number of carbonyl (C=O) groups is 2. The van der Waals surface area contributed by atoms with E-state index >= 15 is 0 Å². The van der Waals surface area contributed by atoms with Crippen molar-refractivity contribution in [1.82, 2.24) is 5.32 Å². The summed E-state index contributed by atoms with van der Waals surface area (Å²) in [5.74, 6) is -0.446. The lowest BCUT2D eigenvalue weighted by Crippen LogP contribution is -2.37. The highest BCUT2D eigenvalue weighted by Gasteiger charge is 2.07. The molecule has 20 heavy (non-hydrogen) atoms. The molecule has 0 radical (unpaired) electrons. The average molecular weight is 283 g/mol. The van der Waals surface area contributed by atoms with E-state index in [0.717, 1.165) is 23.9 Å². The Morgan fingerprint density at radius 3 is 2.50 bits per heavy atom. The third-order valence-electron chi connectivity index (χ3n) is 2.48. The molecule has 5 heteroatoms. The van der Waals surface area contributed by atoms with Crippen molar-refractivity contribution >= 4 is 11.9 Å². The zero-order valence-corrected chi connectivity index (χ0v) is 13.1. The minimum Gasteiger partial charge on any atom is -0.457 e. The van der Waals surface area contributed by atoms with Crippen molar-refractivity contribution in [2.24, 2.45) is 0 Å². The van der Waals surface area contributed by atoms with Crippen molar-refractivity contribution in [1.29, 1.82) is 0 Å². The first-order chi connectivity index (χ1) is 9.22. The van der Waals surface area contributed by atoms with Crippen LogP contribution in [0.3, 0.4) is 0 Å². The summed E-state index contributed by atoms with van der Waals surface area (Å²) >= 11 is 0. The first kappa shape index (κ1) is 18.4. The molecule has 0 aliphatic heterocycles. The van der Waals surface area contributed by atoms with E-state index in [2.05, 4.69) is 11.9 Å². The van der Waals surface area contributed by atoms with Gasteiger partial charge in [-0.2, -0.15) is 0 Å². The summed E-state index contributed by atoms with van der Waals surface area (Å²) in [7, 11) is 6.13. The monoisotopic (exact) mass is 283 g/mol. The van der Waals surface area contributed by atoms with Crippen molar-refractivity contribution < 1.29 is 18.8 Å². The standard InChI is InChI=1S/C15H26N2O3/c1-13(2)15(19)16-10-8-6-7-9-14(18)20-12-11-17(3,4)5/h7,9H,1,6,8,10-12H2,2-5H3/p+1. The van der Waals surface area contributed by atoms with E-state index in [1.165, 1.54) is 6.08 Å². The average Bonchev–Trinajstić information content (AvgIpc) is 2.31. The van der Waals surface area contributed by atoms with Crippen LogP contribution in [0.25, 0.3) is 0 Å². The SMILES string of the molecule is C=C(C)C(=O)NCCCC=CC(=O)OCC[N+](C)(C)C. The highest BCUT2D eigenvalue weighted by molar-refractivity contribution is 5.92. The molecule has 0 aliphatic rings. The van der Waals surface area contributed by atoms with Gasteiger partial charge in [-0.25, -0.2) is 4.79 Å². The van der Waals surface area contributed by atoms with Crippen LogP contribution in [-0.4, -0.2) is 57.2 Å². The van der Waals surface area contributed by atoms with Crippen molar-refractivity contribution in [3.05, 3.63) is 24.3 Å². The Balaban J connectivity index is 3.62. The van der Waals surface area contributed by atoms with E-state index in [1.807, 2.05) is 21.1 Å². The van der Waals surface area contributed by atoms with Gasteiger partial charge in [-0.15, -0.1) is 0 Å². The molecule has 0 aromatic rings. The molecule has 0 fully saturated rings. The van der Waals surface area contributed by atoms with Gasteiger partial charge in [0.1, 0.15) is 13.2 Å². The van der Waals surface area contributed by atoms with Gasteiger partial charge >= 0.3 is 5.97 Å². The van der Waals surface area contributed by atoms with Crippen molar-refractivity contribution in [2.45, 2.75) is 19.8 Å². The Morgan fingerprint density at radius 2 is 1.95 bits per heavy atom. The molecule has 0 aromatic carbocycles. The molecule has 1 amide bonds. The topological polar surface area (TPSA) is 55.4 Å². The van der Waals surface area contributed by atoms with E-state index in [9.17, 15) is 9.59 Å². The number of nitrogens with one attached hydrogen (secondary N) is 1. The summed E-state index contributed by atoms with van der Waals surface area (Å²) in [5.41, 5.74) is 0.501. The van der Waals surface area contributed by atoms with Crippen LogP contribution in [0.5, 0.6) is 0 Å². The predicted molar refractivity (Wildman–Crippen MR) is 80.1 cm³/mol. The molecule has 0 saturated carbocycles. The number of carbonyl (C=O) groups excluding carboxylic acids is 2. The molecule has 0 saturated heterocycles. The summed E-state index contributed by atoms with van der Waals surface area (Å²) in [6.07, 6.45) is 4.71. The Labute approximate surface area is 121 Å². The summed E-state index contributed by atoms with van der Waals surface area (Å²) in [6, 6.07) is 0. The molecule has 114 valence electrons. The fourth-order valence-electron chi connectivity index (χ4n) is 1.22. The highest BCUT2D eigenvalue weighted by atomic mass is 16.5.